The number of nitrogens with zero attached hydrogens (tertiary/aromatic N) is 3. The third-order valence-corrected chi connectivity index (χ3v) is 2.96. The van der Waals surface area contributed by atoms with Crippen molar-refractivity contribution in [2.45, 2.75) is 13.0 Å². The number of methoxy groups -OCH3 is 3. The van der Waals surface area contributed by atoms with Crippen LogP contribution >= 0.6 is 11.6 Å². The molecule has 7 heteroatoms. The molecule has 0 saturated carbocycles. The van der Waals surface area contributed by atoms with Gasteiger partial charge in [-0.05, 0) is 6.92 Å². The number of rotatable bonds is 8. The highest BCUT2D eigenvalue weighted by Crippen LogP contribution is 2.32. The van der Waals surface area contributed by atoms with Crippen LogP contribution in [0.4, 0.5) is 5.82 Å². The van der Waals surface area contributed by atoms with Gasteiger partial charge in [-0.15, -0.1) is 0 Å². The summed E-state index contributed by atoms with van der Waals surface area (Å²) in [4.78, 5) is 10.2. The summed E-state index contributed by atoms with van der Waals surface area (Å²) in [5.41, 5.74) is 0. The van der Waals surface area contributed by atoms with E-state index in [0.29, 0.717) is 36.5 Å². The van der Waals surface area contributed by atoms with E-state index in [1.165, 1.54) is 6.33 Å². The van der Waals surface area contributed by atoms with Crippen LogP contribution < -0.4 is 9.64 Å². The minimum absolute atomic E-state index is 0.111. The summed E-state index contributed by atoms with van der Waals surface area (Å²) in [6.07, 6.45) is 1.42. The molecule has 108 valence electrons. The van der Waals surface area contributed by atoms with Gasteiger partial charge >= 0.3 is 0 Å². The van der Waals surface area contributed by atoms with Crippen molar-refractivity contribution >= 4 is 17.4 Å². The second-order valence-electron chi connectivity index (χ2n) is 4.01. The largest absolute Gasteiger partial charge is 0.490 e. The summed E-state index contributed by atoms with van der Waals surface area (Å²) < 4.78 is 15.6. The Bertz CT molecular complexity index is 392. The van der Waals surface area contributed by atoms with Crippen LogP contribution in [-0.4, -0.2) is 57.1 Å². The van der Waals surface area contributed by atoms with Gasteiger partial charge in [-0.2, -0.15) is 0 Å². The number of ether oxygens (including phenoxy) is 3. The van der Waals surface area contributed by atoms with E-state index in [0.717, 1.165) is 0 Å². The van der Waals surface area contributed by atoms with Crippen LogP contribution in [0.3, 0.4) is 0 Å². The average Bonchev–Trinajstić information content (AvgIpc) is 2.39. The lowest BCUT2D eigenvalue weighted by atomic mass is 10.3. The third-order valence-electron chi connectivity index (χ3n) is 2.69. The number of aromatic nitrogens is 2. The number of anilines is 1. The molecule has 0 aliphatic carbocycles. The summed E-state index contributed by atoms with van der Waals surface area (Å²) in [7, 11) is 4.86. The van der Waals surface area contributed by atoms with Gasteiger partial charge in [0.05, 0.1) is 26.4 Å². The van der Waals surface area contributed by atoms with E-state index < -0.39 is 0 Å². The monoisotopic (exact) mass is 289 g/mol. The molecular weight excluding hydrogens is 270 g/mol. The summed E-state index contributed by atoms with van der Waals surface area (Å²) in [6, 6.07) is 0.111. The molecule has 0 amide bonds. The van der Waals surface area contributed by atoms with Crippen LogP contribution in [0.25, 0.3) is 0 Å². The molecule has 1 rings (SSSR count). The first-order chi connectivity index (χ1) is 9.15. The Morgan fingerprint density at radius 3 is 2.58 bits per heavy atom. The first-order valence-corrected chi connectivity index (χ1v) is 6.32. The second-order valence-corrected chi connectivity index (χ2v) is 4.37. The van der Waals surface area contributed by atoms with E-state index in [4.69, 9.17) is 25.8 Å². The fraction of sp³-hybridized carbons (Fsp3) is 0.667. The number of halogens is 1. The van der Waals surface area contributed by atoms with Crippen LogP contribution in [0, 0.1) is 0 Å². The average molecular weight is 290 g/mol. The van der Waals surface area contributed by atoms with E-state index >= 15 is 0 Å². The van der Waals surface area contributed by atoms with Crippen molar-refractivity contribution in [2.24, 2.45) is 0 Å². The second kappa shape index (κ2) is 8.14. The van der Waals surface area contributed by atoms with E-state index in [1.54, 1.807) is 21.3 Å². The molecule has 0 fully saturated rings. The lowest BCUT2D eigenvalue weighted by Crippen LogP contribution is -2.39. The van der Waals surface area contributed by atoms with Crippen molar-refractivity contribution in [3.63, 3.8) is 0 Å². The molecule has 1 unspecified atom stereocenters. The molecule has 0 aromatic carbocycles. The maximum Gasteiger partial charge on any atom is 0.199 e. The Morgan fingerprint density at radius 1 is 1.26 bits per heavy atom. The summed E-state index contributed by atoms with van der Waals surface area (Å²) in [6.45, 7) is 3.83. The standard InChI is InChI=1S/C12H20ClN3O3/c1-9(7-18-3)16(5-6-17-2)12-10(19-4)11(13)14-8-15-12/h8-9H,5-7H2,1-4H3. The fourth-order valence-corrected chi connectivity index (χ4v) is 1.99. The van der Waals surface area contributed by atoms with Crippen LogP contribution in [0.2, 0.25) is 5.15 Å². The van der Waals surface area contributed by atoms with Gasteiger partial charge in [0, 0.05) is 20.8 Å². The van der Waals surface area contributed by atoms with E-state index in [2.05, 4.69) is 9.97 Å². The van der Waals surface area contributed by atoms with Crippen molar-refractivity contribution in [3.05, 3.63) is 11.5 Å². The number of hydrogen-bond acceptors (Lipinski definition) is 6. The highest BCUT2D eigenvalue weighted by molar-refractivity contribution is 6.31. The predicted molar refractivity (Wildman–Crippen MR) is 74.2 cm³/mol. The van der Waals surface area contributed by atoms with Crippen molar-refractivity contribution < 1.29 is 14.2 Å². The Morgan fingerprint density at radius 2 is 2.00 bits per heavy atom. The van der Waals surface area contributed by atoms with E-state index in [9.17, 15) is 0 Å². The highest BCUT2D eigenvalue weighted by atomic mass is 35.5. The molecule has 1 heterocycles. The molecular formula is C12H20ClN3O3. The molecule has 19 heavy (non-hydrogen) atoms. The molecule has 0 bridgehead atoms. The van der Waals surface area contributed by atoms with Crippen LogP contribution in [0.15, 0.2) is 6.33 Å². The fourth-order valence-electron chi connectivity index (χ4n) is 1.78. The number of hydrogen-bond donors (Lipinski definition) is 0. The van der Waals surface area contributed by atoms with Crippen molar-refractivity contribution in [3.8, 4) is 5.75 Å². The van der Waals surface area contributed by atoms with Gasteiger partial charge in [0.2, 0.25) is 0 Å². The summed E-state index contributed by atoms with van der Waals surface area (Å²) in [5, 5.41) is 0.291. The van der Waals surface area contributed by atoms with E-state index in [1.807, 2.05) is 11.8 Å². The zero-order valence-corrected chi connectivity index (χ0v) is 12.5. The van der Waals surface area contributed by atoms with Crippen molar-refractivity contribution in [1.82, 2.24) is 9.97 Å². The summed E-state index contributed by atoms with van der Waals surface area (Å²) in [5.74, 6) is 1.10. The normalized spacial score (nSPS) is 12.3. The zero-order chi connectivity index (χ0) is 14.3. The van der Waals surface area contributed by atoms with Gasteiger partial charge in [-0.3, -0.25) is 0 Å². The predicted octanol–water partition coefficient (Wildman–Crippen LogP) is 1.63. The molecule has 6 nitrogen and oxygen atoms in total. The van der Waals surface area contributed by atoms with Gasteiger partial charge in [0.25, 0.3) is 0 Å². The smallest absolute Gasteiger partial charge is 0.199 e. The molecule has 1 aromatic rings. The maximum absolute atomic E-state index is 6.02. The lowest BCUT2D eigenvalue weighted by molar-refractivity contribution is 0.170. The van der Waals surface area contributed by atoms with Crippen molar-refractivity contribution in [1.29, 1.82) is 0 Å². The molecule has 0 N–H and O–H groups in total. The Labute approximate surface area is 118 Å². The van der Waals surface area contributed by atoms with Crippen LogP contribution in [0.1, 0.15) is 6.92 Å². The minimum Gasteiger partial charge on any atom is -0.490 e. The maximum atomic E-state index is 6.02. The Balaban J connectivity index is 3.05. The molecule has 0 aliphatic rings. The van der Waals surface area contributed by atoms with Gasteiger partial charge in [0.1, 0.15) is 6.33 Å². The minimum atomic E-state index is 0.111. The van der Waals surface area contributed by atoms with Gasteiger partial charge < -0.3 is 19.1 Å². The molecule has 0 radical (unpaired) electrons. The van der Waals surface area contributed by atoms with E-state index in [-0.39, 0.29) is 6.04 Å². The topological polar surface area (TPSA) is 56.7 Å². The highest BCUT2D eigenvalue weighted by Gasteiger charge is 2.21. The van der Waals surface area contributed by atoms with Gasteiger partial charge in [-0.25, -0.2) is 9.97 Å². The van der Waals surface area contributed by atoms with Gasteiger partial charge in [-0.1, -0.05) is 11.6 Å². The molecule has 0 spiro atoms. The first kappa shape index (κ1) is 15.9. The molecule has 0 aliphatic heterocycles. The van der Waals surface area contributed by atoms with Crippen LogP contribution in [0.5, 0.6) is 5.75 Å². The molecule has 0 saturated heterocycles. The van der Waals surface area contributed by atoms with Crippen molar-refractivity contribution in [2.75, 3.05) is 46.0 Å². The first-order valence-electron chi connectivity index (χ1n) is 5.94. The Kier molecular flexibility index (Phi) is 6.83. The quantitative estimate of drug-likeness (QED) is 0.678. The third kappa shape index (κ3) is 4.19. The summed E-state index contributed by atoms with van der Waals surface area (Å²) >= 11 is 6.02. The SMILES string of the molecule is COCCN(c1ncnc(Cl)c1OC)C(C)COC. The zero-order valence-electron chi connectivity index (χ0n) is 11.7. The van der Waals surface area contributed by atoms with Crippen LogP contribution in [-0.2, 0) is 9.47 Å². The molecule has 1 aromatic heterocycles. The lowest BCUT2D eigenvalue weighted by Gasteiger charge is -2.30. The molecule has 1 atom stereocenters. The van der Waals surface area contributed by atoms with Gasteiger partial charge in [0.15, 0.2) is 16.7 Å². The Hall–Kier alpha value is -1.11.